The SMILES string of the molecule is Cc1nn(-c2nc3sccn3c2CCl)c(C)c1C. The lowest BCUT2D eigenvalue weighted by Gasteiger charge is -2.03. The van der Waals surface area contributed by atoms with Gasteiger partial charge in [0.05, 0.1) is 17.3 Å². The largest absolute Gasteiger partial charge is 0.291 e. The van der Waals surface area contributed by atoms with Crippen molar-refractivity contribution in [2.75, 3.05) is 0 Å². The average Bonchev–Trinajstić information content (AvgIpc) is 2.98. The lowest BCUT2D eigenvalue weighted by molar-refractivity contribution is 0.802. The number of aryl methyl sites for hydroxylation is 1. The summed E-state index contributed by atoms with van der Waals surface area (Å²) in [6.07, 6.45) is 1.99. The molecule has 6 heteroatoms. The fraction of sp³-hybridized carbons (Fsp3) is 0.333. The van der Waals surface area contributed by atoms with Crippen LogP contribution in [0.3, 0.4) is 0 Å². The van der Waals surface area contributed by atoms with Crippen LogP contribution in [0.25, 0.3) is 10.8 Å². The van der Waals surface area contributed by atoms with Gasteiger partial charge in [0.1, 0.15) is 0 Å². The molecule has 0 saturated carbocycles. The molecule has 0 aliphatic rings. The third-order valence-corrected chi connectivity index (χ3v) is 4.33. The highest BCUT2D eigenvalue weighted by Crippen LogP contribution is 2.24. The van der Waals surface area contributed by atoms with Crippen LogP contribution in [0.15, 0.2) is 11.6 Å². The summed E-state index contributed by atoms with van der Waals surface area (Å²) >= 11 is 7.66. The number of hydrogen-bond acceptors (Lipinski definition) is 3. The summed E-state index contributed by atoms with van der Waals surface area (Å²) in [5, 5.41) is 6.56. The first kappa shape index (κ1) is 11.7. The third kappa shape index (κ3) is 1.51. The minimum absolute atomic E-state index is 0.421. The van der Waals surface area contributed by atoms with Gasteiger partial charge in [0.2, 0.25) is 0 Å². The van der Waals surface area contributed by atoms with E-state index in [0.717, 1.165) is 27.9 Å². The lowest BCUT2D eigenvalue weighted by Crippen LogP contribution is -2.03. The Bertz CT molecular complexity index is 722. The van der Waals surface area contributed by atoms with Crippen LogP contribution in [-0.4, -0.2) is 19.2 Å². The molecule has 0 fully saturated rings. The topological polar surface area (TPSA) is 35.1 Å². The van der Waals surface area contributed by atoms with Gasteiger partial charge in [-0.1, -0.05) is 0 Å². The minimum Gasteiger partial charge on any atom is -0.291 e. The van der Waals surface area contributed by atoms with Crippen molar-refractivity contribution < 1.29 is 0 Å². The second-order valence-corrected chi connectivity index (χ2v) is 5.42. The van der Waals surface area contributed by atoms with Gasteiger partial charge in [0.25, 0.3) is 0 Å². The van der Waals surface area contributed by atoms with E-state index in [2.05, 4.69) is 23.9 Å². The summed E-state index contributed by atoms with van der Waals surface area (Å²) in [6, 6.07) is 0. The lowest BCUT2D eigenvalue weighted by atomic mass is 10.2. The molecule has 0 bridgehead atoms. The van der Waals surface area contributed by atoms with Gasteiger partial charge in [-0.2, -0.15) is 10.1 Å². The Labute approximate surface area is 114 Å². The molecule has 18 heavy (non-hydrogen) atoms. The van der Waals surface area contributed by atoms with Gasteiger partial charge in [-0.05, 0) is 26.3 Å². The highest BCUT2D eigenvalue weighted by atomic mass is 35.5. The van der Waals surface area contributed by atoms with E-state index >= 15 is 0 Å². The van der Waals surface area contributed by atoms with Crippen molar-refractivity contribution in [3.63, 3.8) is 0 Å². The Morgan fingerprint density at radius 3 is 2.72 bits per heavy atom. The van der Waals surface area contributed by atoms with Crippen LogP contribution in [0.1, 0.15) is 22.6 Å². The Balaban J connectivity index is 2.30. The minimum atomic E-state index is 0.421. The monoisotopic (exact) mass is 280 g/mol. The Morgan fingerprint density at radius 2 is 2.11 bits per heavy atom. The molecule has 0 unspecified atom stereocenters. The molecular formula is C12H13ClN4S. The highest BCUT2D eigenvalue weighted by molar-refractivity contribution is 7.15. The summed E-state index contributed by atoms with van der Waals surface area (Å²) < 4.78 is 3.92. The van der Waals surface area contributed by atoms with Crippen molar-refractivity contribution in [2.24, 2.45) is 0 Å². The molecule has 0 saturated heterocycles. The molecule has 3 aromatic heterocycles. The molecule has 3 rings (SSSR count). The molecule has 0 spiro atoms. The van der Waals surface area contributed by atoms with Crippen molar-refractivity contribution >= 4 is 27.9 Å². The molecule has 4 nitrogen and oxygen atoms in total. The van der Waals surface area contributed by atoms with E-state index in [-0.39, 0.29) is 0 Å². The molecular weight excluding hydrogens is 268 g/mol. The zero-order valence-corrected chi connectivity index (χ0v) is 12.0. The first-order valence-corrected chi connectivity index (χ1v) is 7.08. The van der Waals surface area contributed by atoms with Crippen LogP contribution >= 0.6 is 22.9 Å². The Hall–Kier alpha value is -1.33. The second kappa shape index (κ2) is 4.10. The summed E-state index contributed by atoms with van der Waals surface area (Å²) in [5.41, 5.74) is 4.33. The summed E-state index contributed by atoms with van der Waals surface area (Å²) in [7, 11) is 0. The van der Waals surface area contributed by atoms with E-state index in [1.165, 1.54) is 5.56 Å². The first-order chi connectivity index (χ1) is 8.63. The maximum Gasteiger partial charge on any atom is 0.195 e. The van der Waals surface area contributed by atoms with E-state index in [1.54, 1.807) is 11.3 Å². The molecule has 0 amide bonds. The Kier molecular flexibility index (Phi) is 2.68. The molecule has 0 atom stereocenters. The van der Waals surface area contributed by atoms with Crippen LogP contribution in [0.4, 0.5) is 0 Å². The van der Waals surface area contributed by atoms with Gasteiger partial charge < -0.3 is 0 Å². The van der Waals surface area contributed by atoms with E-state index in [0.29, 0.717) is 5.88 Å². The van der Waals surface area contributed by atoms with Crippen LogP contribution in [0.2, 0.25) is 0 Å². The number of thiazole rings is 1. The van der Waals surface area contributed by atoms with Gasteiger partial charge in [0, 0.05) is 17.3 Å². The molecule has 0 aromatic carbocycles. The average molecular weight is 281 g/mol. The number of imidazole rings is 1. The van der Waals surface area contributed by atoms with Crippen molar-refractivity contribution in [3.8, 4) is 5.82 Å². The fourth-order valence-electron chi connectivity index (χ4n) is 2.04. The van der Waals surface area contributed by atoms with E-state index in [1.807, 2.05) is 27.6 Å². The highest BCUT2D eigenvalue weighted by Gasteiger charge is 2.18. The molecule has 0 radical (unpaired) electrons. The van der Waals surface area contributed by atoms with Gasteiger partial charge in [-0.3, -0.25) is 4.40 Å². The van der Waals surface area contributed by atoms with Crippen molar-refractivity contribution in [1.82, 2.24) is 19.2 Å². The molecule has 3 heterocycles. The number of halogens is 1. The molecule has 0 aliphatic carbocycles. The van der Waals surface area contributed by atoms with E-state index in [4.69, 9.17) is 11.6 Å². The van der Waals surface area contributed by atoms with Gasteiger partial charge in [-0.25, -0.2) is 4.68 Å². The summed E-state index contributed by atoms with van der Waals surface area (Å²) in [5.74, 6) is 1.26. The maximum atomic E-state index is 6.06. The van der Waals surface area contributed by atoms with Crippen molar-refractivity contribution in [1.29, 1.82) is 0 Å². The first-order valence-electron chi connectivity index (χ1n) is 5.67. The molecule has 0 aliphatic heterocycles. The van der Waals surface area contributed by atoms with Gasteiger partial charge in [-0.15, -0.1) is 22.9 Å². The maximum absolute atomic E-state index is 6.06. The predicted octanol–water partition coefficient (Wildman–Crippen LogP) is 3.25. The van der Waals surface area contributed by atoms with Gasteiger partial charge in [0.15, 0.2) is 10.8 Å². The number of rotatable bonds is 2. The smallest absolute Gasteiger partial charge is 0.195 e. The quantitative estimate of drug-likeness (QED) is 0.676. The van der Waals surface area contributed by atoms with Crippen LogP contribution < -0.4 is 0 Å². The number of nitrogens with zero attached hydrogens (tertiary/aromatic N) is 4. The number of hydrogen-bond donors (Lipinski definition) is 0. The molecule has 0 N–H and O–H groups in total. The van der Waals surface area contributed by atoms with Crippen molar-refractivity contribution in [2.45, 2.75) is 26.7 Å². The van der Waals surface area contributed by atoms with E-state index in [9.17, 15) is 0 Å². The molecule has 94 valence electrons. The predicted molar refractivity (Wildman–Crippen MR) is 74.0 cm³/mol. The molecule has 3 aromatic rings. The summed E-state index contributed by atoms with van der Waals surface area (Å²) in [6.45, 7) is 6.14. The fourth-order valence-corrected chi connectivity index (χ4v) is 3.02. The van der Waals surface area contributed by atoms with Crippen LogP contribution in [-0.2, 0) is 5.88 Å². The Morgan fingerprint density at radius 1 is 1.33 bits per heavy atom. The third-order valence-electron chi connectivity index (χ3n) is 3.32. The van der Waals surface area contributed by atoms with Crippen LogP contribution in [0, 0.1) is 20.8 Å². The van der Waals surface area contributed by atoms with Gasteiger partial charge >= 0.3 is 0 Å². The zero-order valence-electron chi connectivity index (χ0n) is 10.4. The van der Waals surface area contributed by atoms with Crippen molar-refractivity contribution in [3.05, 3.63) is 34.2 Å². The van der Waals surface area contributed by atoms with Crippen LogP contribution in [0.5, 0.6) is 0 Å². The zero-order chi connectivity index (χ0) is 12.9. The summed E-state index contributed by atoms with van der Waals surface area (Å²) in [4.78, 5) is 5.58. The number of alkyl halides is 1. The normalized spacial score (nSPS) is 11.6. The standard InChI is InChI=1S/C12H13ClN4S/c1-7-8(2)15-17(9(7)3)11-10(6-13)16-4-5-18-12(16)14-11/h4-5H,6H2,1-3H3. The number of fused-ring (bicyclic) bond motifs is 1. The number of aromatic nitrogens is 4. The second-order valence-electron chi connectivity index (χ2n) is 4.28. The van der Waals surface area contributed by atoms with E-state index < -0.39 is 0 Å².